The number of carbonyl (C=O) groups is 1. The summed E-state index contributed by atoms with van der Waals surface area (Å²) >= 11 is 0. The molecule has 0 fully saturated rings. The smallest absolute Gasteiger partial charge is 0.274 e. The van der Waals surface area contributed by atoms with Crippen molar-refractivity contribution in [1.82, 2.24) is 20.3 Å². The number of hydrogen-bond acceptors (Lipinski definition) is 4. The van der Waals surface area contributed by atoms with Crippen molar-refractivity contribution in [3.63, 3.8) is 0 Å². The van der Waals surface area contributed by atoms with Gasteiger partial charge in [-0.1, -0.05) is 22.9 Å². The van der Waals surface area contributed by atoms with Gasteiger partial charge in [0.2, 0.25) is 0 Å². The molecule has 3 aromatic rings. The number of aryl methyl sites for hydroxylation is 2. The van der Waals surface area contributed by atoms with Gasteiger partial charge in [0.1, 0.15) is 11.5 Å². The van der Waals surface area contributed by atoms with E-state index in [9.17, 15) is 4.79 Å². The average Bonchev–Trinajstić information content (AvgIpc) is 3.17. The molecule has 6 nitrogen and oxygen atoms in total. The number of furan rings is 1. The van der Waals surface area contributed by atoms with Crippen LogP contribution < -0.4 is 5.32 Å². The average molecular weight is 310 g/mol. The maximum absolute atomic E-state index is 12.3. The van der Waals surface area contributed by atoms with Gasteiger partial charge >= 0.3 is 0 Å². The molecule has 118 valence electrons. The molecule has 0 aliphatic rings. The van der Waals surface area contributed by atoms with E-state index in [1.807, 2.05) is 57.2 Å². The minimum Gasteiger partial charge on any atom is -0.464 e. The molecule has 3 rings (SSSR count). The summed E-state index contributed by atoms with van der Waals surface area (Å²) in [6, 6.07) is 11.3. The van der Waals surface area contributed by atoms with Gasteiger partial charge in [-0.15, -0.1) is 5.10 Å². The fourth-order valence-electron chi connectivity index (χ4n) is 2.22. The summed E-state index contributed by atoms with van der Waals surface area (Å²) in [4.78, 5) is 12.3. The van der Waals surface area contributed by atoms with Crippen molar-refractivity contribution in [2.24, 2.45) is 0 Å². The Morgan fingerprint density at radius 1 is 1.17 bits per heavy atom. The Morgan fingerprint density at radius 2 is 1.91 bits per heavy atom. The van der Waals surface area contributed by atoms with Gasteiger partial charge in [-0.3, -0.25) is 4.79 Å². The minimum absolute atomic E-state index is 0.235. The van der Waals surface area contributed by atoms with Gasteiger partial charge in [0, 0.05) is 0 Å². The van der Waals surface area contributed by atoms with E-state index in [1.54, 1.807) is 10.9 Å². The molecule has 0 saturated heterocycles. The van der Waals surface area contributed by atoms with Crippen molar-refractivity contribution in [2.75, 3.05) is 0 Å². The van der Waals surface area contributed by atoms with E-state index >= 15 is 0 Å². The summed E-state index contributed by atoms with van der Waals surface area (Å²) in [6.07, 6.45) is 1.61. The van der Waals surface area contributed by atoms with Gasteiger partial charge in [-0.2, -0.15) is 0 Å². The summed E-state index contributed by atoms with van der Waals surface area (Å²) in [5.74, 6) is 1.23. The van der Waals surface area contributed by atoms with Crippen LogP contribution in [-0.2, 0) is 0 Å². The predicted molar refractivity (Wildman–Crippen MR) is 85.4 cm³/mol. The molecule has 0 spiro atoms. The molecule has 6 heteroatoms. The topological polar surface area (TPSA) is 73.0 Å². The summed E-state index contributed by atoms with van der Waals surface area (Å²) in [5, 5.41) is 10.8. The van der Waals surface area contributed by atoms with Crippen LogP contribution in [-0.4, -0.2) is 20.9 Å². The first-order valence-corrected chi connectivity index (χ1v) is 7.39. The molecule has 1 amide bonds. The van der Waals surface area contributed by atoms with Gasteiger partial charge in [-0.25, -0.2) is 4.68 Å². The number of benzene rings is 1. The van der Waals surface area contributed by atoms with Crippen LogP contribution in [0.15, 0.2) is 47.0 Å². The van der Waals surface area contributed by atoms with E-state index in [0.717, 1.165) is 17.0 Å². The van der Waals surface area contributed by atoms with E-state index < -0.39 is 0 Å². The molecule has 1 N–H and O–H groups in total. The number of carbonyl (C=O) groups excluding carboxylic acids is 1. The molecule has 0 bridgehead atoms. The van der Waals surface area contributed by atoms with Crippen LogP contribution in [0.2, 0.25) is 0 Å². The SMILES string of the molecule is Cc1ccc(-n2cc(C(=O)NC(C)c3ccc(C)o3)nn2)cc1. The van der Waals surface area contributed by atoms with E-state index in [2.05, 4.69) is 15.6 Å². The highest BCUT2D eigenvalue weighted by atomic mass is 16.3. The van der Waals surface area contributed by atoms with Crippen molar-refractivity contribution in [1.29, 1.82) is 0 Å². The number of nitrogens with zero attached hydrogens (tertiary/aromatic N) is 3. The highest BCUT2D eigenvalue weighted by molar-refractivity contribution is 5.92. The lowest BCUT2D eigenvalue weighted by atomic mass is 10.2. The minimum atomic E-state index is -0.287. The fourth-order valence-corrected chi connectivity index (χ4v) is 2.22. The summed E-state index contributed by atoms with van der Waals surface area (Å²) in [6.45, 7) is 5.74. The van der Waals surface area contributed by atoms with Crippen molar-refractivity contribution >= 4 is 5.91 Å². The Labute approximate surface area is 134 Å². The van der Waals surface area contributed by atoms with Crippen LogP contribution in [0.4, 0.5) is 0 Å². The molecule has 1 unspecified atom stereocenters. The van der Waals surface area contributed by atoms with Crippen LogP contribution in [0, 0.1) is 13.8 Å². The highest BCUT2D eigenvalue weighted by Gasteiger charge is 2.17. The Kier molecular flexibility index (Phi) is 3.97. The third-order valence-corrected chi connectivity index (χ3v) is 3.56. The van der Waals surface area contributed by atoms with E-state index in [-0.39, 0.29) is 17.6 Å². The van der Waals surface area contributed by atoms with E-state index in [4.69, 9.17) is 4.42 Å². The number of nitrogens with one attached hydrogen (secondary N) is 1. The molecule has 0 aliphatic heterocycles. The largest absolute Gasteiger partial charge is 0.464 e. The normalized spacial score (nSPS) is 12.1. The Balaban J connectivity index is 1.72. The first-order chi connectivity index (χ1) is 11.0. The Morgan fingerprint density at radius 3 is 2.57 bits per heavy atom. The Hall–Kier alpha value is -2.89. The molecular weight excluding hydrogens is 292 g/mol. The summed E-state index contributed by atoms with van der Waals surface area (Å²) in [5.41, 5.74) is 2.28. The second-order valence-corrected chi connectivity index (χ2v) is 5.53. The number of rotatable bonds is 4. The van der Waals surface area contributed by atoms with Gasteiger partial charge in [-0.05, 0) is 45.0 Å². The monoisotopic (exact) mass is 310 g/mol. The lowest BCUT2D eigenvalue weighted by molar-refractivity contribution is 0.0930. The van der Waals surface area contributed by atoms with E-state index in [0.29, 0.717) is 5.76 Å². The zero-order chi connectivity index (χ0) is 16.4. The third-order valence-electron chi connectivity index (χ3n) is 3.56. The summed E-state index contributed by atoms with van der Waals surface area (Å²) in [7, 11) is 0. The standard InChI is InChI=1S/C17H18N4O2/c1-11-4-7-14(8-5-11)21-10-15(19-20-21)17(22)18-13(3)16-9-6-12(2)23-16/h4-10,13H,1-3H3,(H,18,22). The molecule has 0 saturated carbocycles. The van der Waals surface area contributed by atoms with Crippen LogP contribution in [0.5, 0.6) is 0 Å². The molecule has 1 aromatic carbocycles. The van der Waals surface area contributed by atoms with Gasteiger partial charge in [0.05, 0.1) is 17.9 Å². The molecular formula is C17H18N4O2. The zero-order valence-electron chi connectivity index (χ0n) is 13.3. The van der Waals surface area contributed by atoms with Crippen molar-refractivity contribution < 1.29 is 9.21 Å². The fraction of sp³-hybridized carbons (Fsp3) is 0.235. The molecule has 0 aliphatic carbocycles. The number of hydrogen-bond donors (Lipinski definition) is 1. The molecule has 2 aromatic heterocycles. The maximum Gasteiger partial charge on any atom is 0.274 e. The van der Waals surface area contributed by atoms with Crippen molar-refractivity contribution in [3.05, 3.63) is 65.4 Å². The van der Waals surface area contributed by atoms with Crippen LogP contribution in [0.1, 0.15) is 40.5 Å². The Bertz CT molecular complexity index is 817. The molecule has 0 radical (unpaired) electrons. The maximum atomic E-state index is 12.3. The van der Waals surface area contributed by atoms with Gasteiger partial charge in [0.25, 0.3) is 5.91 Å². The van der Waals surface area contributed by atoms with E-state index in [1.165, 1.54) is 0 Å². The van der Waals surface area contributed by atoms with Crippen LogP contribution >= 0.6 is 0 Å². The predicted octanol–water partition coefficient (Wildman–Crippen LogP) is 2.97. The van der Waals surface area contributed by atoms with Crippen LogP contribution in [0.3, 0.4) is 0 Å². The second kappa shape index (κ2) is 6.08. The lowest BCUT2D eigenvalue weighted by Crippen LogP contribution is -2.26. The number of aromatic nitrogens is 3. The second-order valence-electron chi connectivity index (χ2n) is 5.53. The number of amides is 1. The summed E-state index contributed by atoms with van der Waals surface area (Å²) < 4.78 is 7.09. The van der Waals surface area contributed by atoms with Crippen molar-refractivity contribution in [2.45, 2.75) is 26.8 Å². The first-order valence-electron chi connectivity index (χ1n) is 7.39. The first kappa shape index (κ1) is 15.0. The highest BCUT2D eigenvalue weighted by Crippen LogP contribution is 2.16. The van der Waals surface area contributed by atoms with Crippen LogP contribution in [0.25, 0.3) is 5.69 Å². The molecule has 1 atom stereocenters. The lowest BCUT2D eigenvalue weighted by Gasteiger charge is -2.09. The zero-order valence-corrected chi connectivity index (χ0v) is 13.3. The molecule has 23 heavy (non-hydrogen) atoms. The van der Waals surface area contributed by atoms with Crippen molar-refractivity contribution in [3.8, 4) is 5.69 Å². The van der Waals surface area contributed by atoms with Gasteiger partial charge in [0.15, 0.2) is 5.69 Å². The quantitative estimate of drug-likeness (QED) is 0.804. The molecule has 2 heterocycles. The van der Waals surface area contributed by atoms with Gasteiger partial charge < -0.3 is 9.73 Å². The third kappa shape index (κ3) is 3.31.